The normalized spacial score (nSPS) is 19.0. The molecule has 0 bridgehead atoms. The van der Waals surface area contributed by atoms with Gasteiger partial charge in [0, 0.05) is 26.3 Å². The number of carbonyl (C=O) groups excluding carboxylic acids is 1. The summed E-state index contributed by atoms with van der Waals surface area (Å²) in [7, 11) is -0.535. The molecule has 0 saturated carbocycles. The Balaban J connectivity index is 2.24. The van der Waals surface area contributed by atoms with E-state index in [0.717, 1.165) is 13.0 Å². The number of sulfonamides is 1. The first kappa shape index (κ1) is 15.9. The molecule has 2 N–H and O–H groups in total. The van der Waals surface area contributed by atoms with Crippen LogP contribution in [0.25, 0.3) is 0 Å². The van der Waals surface area contributed by atoms with Crippen molar-refractivity contribution in [1.82, 2.24) is 9.62 Å². The fraction of sp³-hybridized carbons (Fsp3) is 0.500. The lowest BCUT2D eigenvalue weighted by atomic mass is 10.1. The highest BCUT2D eigenvalue weighted by molar-refractivity contribution is 7.89. The number of anilines is 1. The summed E-state index contributed by atoms with van der Waals surface area (Å²) in [6.45, 7) is 3.25. The highest BCUT2D eigenvalue weighted by Gasteiger charge is 2.24. The lowest BCUT2D eigenvalue weighted by molar-refractivity contribution is -0.119. The van der Waals surface area contributed by atoms with Gasteiger partial charge in [-0.15, -0.1) is 0 Å². The van der Waals surface area contributed by atoms with Crippen LogP contribution >= 0.6 is 0 Å². The van der Waals surface area contributed by atoms with Gasteiger partial charge in [0.05, 0.1) is 10.8 Å². The number of benzene rings is 1. The smallest absolute Gasteiger partial charge is 0.242 e. The van der Waals surface area contributed by atoms with Gasteiger partial charge in [-0.3, -0.25) is 4.79 Å². The van der Waals surface area contributed by atoms with Crippen molar-refractivity contribution in [1.29, 1.82) is 0 Å². The van der Waals surface area contributed by atoms with E-state index in [1.54, 1.807) is 19.1 Å². The first-order valence-corrected chi connectivity index (χ1v) is 8.31. The predicted molar refractivity (Wildman–Crippen MR) is 81.7 cm³/mol. The topological polar surface area (TPSA) is 78.5 Å². The van der Waals surface area contributed by atoms with Gasteiger partial charge in [0.2, 0.25) is 15.9 Å². The van der Waals surface area contributed by atoms with Crippen LogP contribution in [0.1, 0.15) is 12.0 Å². The average Bonchev–Trinajstić information content (AvgIpc) is 2.94. The molecule has 1 aromatic carbocycles. The third-order valence-corrected chi connectivity index (χ3v) is 5.60. The summed E-state index contributed by atoms with van der Waals surface area (Å²) in [6, 6.07) is 4.95. The molecule has 0 radical (unpaired) electrons. The van der Waals surface area contributed by atoms with Gasteiger partial charge in [-0.2, -0.15) is 0 Å². The number of hydrogen-bond donors (Lipinski definition) is 2. The van der Waals surface area contributed by atoms with E-state index < -0.39 is 10.0 Å². The third-order valence-electron chi connectivity index (χ3n) is 3.65. The summed E-state index contributed by atoms with van der Waals surface area (Å²) >= 11 is 0. The first-order valence-electron chi connectivity index (χ1n) is 6.87. The summed E-state index contributed by atoms with van der Waals surface area (Å²) in [5.41, 5.74) is 1.17. The molecule has 1 aliphatic rings. The molecule has 1 unspecified atom stereocenters. The van der Waals surface area contributed by atoms with E-state index in [1.165, 1.54) is 24.5 Å². The monoisotopic (exact) mass is 311 g/mol. The van der Waals surface area contributed by atoms with Crippen molar-refractivity contribution in [3.05, 3.63) is 23.8 Å². The second kappa shape index (κ2) is 6.13. The molecule has 1 atom stereocenters. The van der Waals surface area contributed by atoms with Gasteiger partial charge in [0.25, 0.3) is 0 Å². The molecular weight excluding hydrogens is 290 g/mol. The molecule has 7 heteroatoms. The standard InChI is InChI=1S/C14H21N3O3S/c1-10-4-5-12(8-13(10)21(19,20)17(2)3)16-14(18)11-6-7-15-9-11/h4-5,8,11,15H,6-7,9H2,1-3H3,(H,16,18). The van der Waals surface area contributed by atoms with Crippen LogP contribution in [0.5, 0.6) is 0 Å². The van der Waals surface area contributed by atoms with Gasteiger partial charge >= 0.3 is 0 Å². The van der Waals surface area contributed by atoms with Crippen LogP contribution in [0.2, 0.25) is 0 Å². The van der Waals surface area contributed by atoms with E-state index >= 15 is 0 Å². The van der Waals surface area contributed by atoms with E-state index in [2.05, 4.69) is 10.6 Å². The van der Waals surface area contributed by atoms with Gasteiger partial charge in [-0.25, -0.2) is 12.7 Å². The number of hydrogen-bond acceptors (Lipinski definition) is 4. The molecule has 21 heavy (non-hydrogen) atoms. The zero-order valence-corrected chi connectivity index (χ0v) is 13.3. The maximum absolute atomic E-state index is 12.3. The fourth-order valence-corrected chi connectivity index (χ4v) is 3.42. The lowest BCUT2D eigenvalue weighted by Crippen LogP contribution is -2.25. The molecule has 1 aliphatic heterocycles. The second-order valence-electron chi connectivity index (χ2n) is 5.45. The van der Waals surface area contributed by atoms with E-state index in [4.69, 9.17) is 0 Å². The molecule has 0 aromatic heterocycles. The molecule has 1 aromatic rings. The van der Waals surface area contributed by atoms with E-state index in [-0.39, 0.29) is 16.7 Å². The van der Waals surface area contributed by atoms with E-state index in [0.29, 0.717) is 17.8 Å². The number of nitrogens with one attached hydrogen (secondary N) is 2. The molecule has 2 rings (SSSR count). The van der Waals surface area contributed by atoms with Crippen LogP contribution in [0, 0.1) is 12.8 Å². The molecule has 116 valence electrons. The molecule has 1 saturated heterocycles. The van der Waals surface area contributed by atoms with Crippen molar-refractivity contribution in [2.24, 2.45) is 5.92 Å². The van der Waals surface area contributed by atoms with Gasteiger partial charge in [0.15, 0.2) is 0 Å². The Morgan fingerprint density at radius 3 is 2.67 bits per heavy atom. The Bertz CT molecular complexity index is 635. The van der Waals surface area contributed by atoms with Crippen LogP contribution in [0.15, 0.2) is 23.1 Å². The van der Waals surface area contributed by atoms with Crippen molar-refractivity contribution < 1.29 is 13.2 Å². The molecule has 0 aliphatic carbocycles. The number of aryl methyl sites for hydroxylation is 1. The Kier molecular flexibility index (Phi) is 4.65. The van der Waals surface area contributed by atoms with Crippen LogP contribution in [0.4, 0.5) is 5.69 Å². The van der Waals surface area contributed by atoms with Crippen molar-refractivity contribution >= 4 is 21.6 Å². The lowest BCUT2D eigenvalue weighted by Gasteiger charge is -2.16. The minimum absolute atomic E-state index is 0.0554. The summed E-state index contributed by atoms with van der Waals surface area (Å²) in [5, 5.41) is 5.94. The van der Waals surface area contributed by atoms with Gasteiger partial charge in [-0.1, -0.05) is 6.07 Å². The molecule has 6 nitrogen and oxygen atoms in total. The second-order valence-corrected chi connectivity index (χ2v) is 7.57. The highest BCUT2D eigenvalue weighted by Crippen LogP contribution is 2.23. The molecule has 1 fully saturated rings. The SMILES string of the molecule is Cc1ccc(NC(=O)C2CCNC2)cc1S(=O)(=O)N(C)C. The summed E-state index contributed by atoms with van der Waals surface area (Å²) in [4.78, 5) is 12.3. The third kappa shape index (κ3) is 3.42. The maximum Gasteiger partial charge on any atom is 0.242 e. The van der Waals surface area contributed by atoms with Crippen LogP contribution in [-0.2, 0) is 14.8 Å². The van der Waals surface area contributed by atoms with E-state index in [9.17, 15) is 13.2 Å². The Hall–Kier alpha value is -1.44. The van der Waals surface area contributed by atoms with Gasteiger partial charge in [-0.05, 0) is 37.6 Å². The molecule has 1 heterocycles. The number of amides is 1. The largest absolute Gasteiger partial charge is 0.326 e. The average molecular weight is 311 g/mol. The van der Waals surface area contributed by atoms with Crippen LogP contribution in [-0.4, -0.2) is 45.8 Å². The van der Waals surface area contributed by atoms with Crippen molar-refractivity contribution in [3.63, 3.8) is 0 Å². The number of nitrogens with zero attached hydrogens (tertiary/aromatic N) is 1. The van der Waals surface area contributed by atoms with E-state index in [1.807, 2.05) is 0 Å². The van der Waals surface area contributed by atoms with Crippen molar-refractivity contribution in [2.75, 3.05) is 32.5 Å². The zero-order valence-electron chi connectivity index (χ0n) is 12.5. The Morgan fingerprint density at radius 2 is 2.10 bits per heavy atom. The van der Waals surface area contributed by atoms with Crippen molar-refractivity contribution in [2.45, 2.75) is 18.2 Å². The molecule has 1 amide bonds. The minimum Gasteiger partial charge on any atom is -0.326 e. The Labute approximate surface area is 125 Å². The predicted octanol–water partition coefficient (Wildman–Crippen LogP) is 0.793. The van der Waals surface area contributed by atoms with Gasteiger partial charge < -0.3 is 10.6 Å². The minimum atomic E-state index is -3.52. The van der Waals surface area contributed by atoms with Crippen molar-refractivity contribution in [3.8, 4) is 0 Å². The molecular formula is C14H21N3O3S. The Morgan fingerprint density at radius 1 is 1.38 bits per heavy atom. The van der Waals surface area contributed by atoms with Gasteiger partial charge in [0.1, 0.15) is 0 Å². The molecule has 0 spiro atoms. The fourth-order valence-electron chi connectivity index (χ4n) is 2.28. The first-order chi connectivity index (χ1) is 9.82. The quantitative estimate of drug-likeness (QED) is 0.862. The number of rotatable bonds is 4. The summed E-state index contributed by atoms with van der Waals surface area (Å²) in [5.74, 6) is -0.128. The highest BCUT2D eigenvalue weighted by atomic mass is 32.2. The van der Waals surface area contributed by atoms with Crippen LogP contribution in [0.3, 0.4) is 0 Å². The maximum atomic E-state index is 12.3. The van der Waals surface area contributed by atoms with Crippen LogP contribution < -0.4 is 10.6 Å². The number of carbonyl (C=O) groups is 1. The summed E-state index contributed by atoms with van der Waals surface area (Å²) in [6.07, 6.45) is 0.806. The summed E-state index contributed by atoms with van der Waals surface area (Å²) < 4.78 is 25.7. The zero-order chi connectivity index (χ0) is 15.6.